The normalized spacial score (nSPS) is 10.8. The summed E-state index contributed by atoms with van der Waals surface area (Å²) in [7, 11) is 0. The second-order valence-electron chi connectivity index (χ2n) is 3.69. The molecule has 0 N–H and O–H groups in total. The number of carbonyl (C=O) groups is 1. The summed E-state index contributed by atoms with van der Waals surface area (Å²) in [6.45, 7) is 2.96. The van der Waals surface area contributed by atoms with Gasteiger partial charge in [-0.3, -0.25) is 4.79 Å². The molecule has 0 aliphatic heterocycles. The molecule has 0 bridgehead atoms. The van der Waals surface area contributed by atoms with E-state index in [2.05, 4.69) is 12.1 Å². The highest BCUT2D eigenvalue weighted by Crippen LogP contribution is 2.01. The van der Waals surface area contributed by atoms with E-state index in [1.54, 1.807) is 13.0 Å². The average Bonchev–Trinajstić information content (AvgIpc) is 2.29. The Morgan fingerprint density at radius 1 is 1.31 bits per heavy atom. The Kier molecular flexibility index (Phi) is 6.19. The van der Waals surface area contributed by atoms with Crippen molar-refractivity contribution >= 4 is 5.78 Å². The molecule has 1 rings (SSSR count). The minimum Gasteiger partial charge on any atom is -0.377 e. The van der Waals surface area contributed by atoms with Crippen LogP contribution in [0, 0.1) is 0 Å². The Morgan fingerprint density at radius 2 is 2.06 bits per heavy atom. The van der Waals surface area contributed by atoms with Crippen LogP contribution < -0.4 is 0 Å². The summed E-state index contributed by atoms with van der Waals surface area (Å²) < 4.78 is 5.51. The van der Waals surface area contributed by atoms with Gasteiger partial charge in [0.2, 0.25) is 0 Å². The van der Waals surface area contributed by atoms with E-state index in [1.807, 2.05) is 24.3 Å². The summed E-state index contributed by atoms with van der Waals surface area (Å²) in [4.78, 5) is 10.6. The molecule has 0 saturated heterocycles. The number of carbonyl (C=O) groups excluding carboxylic acids is 1. The molecule has 1 aromatic rings. The lowest BCUT2D eigenvalue weighted by Gasteiger charge is -2.02. The molecule has 0 unspecified atom stereocenters. The molecule has 0 aliphatic carbocycles. The molecule has 16 heavy (non-hydrogen) atoms. The summed E-state index contributed by atoms with van der Waals surface area (Å²) in [5.41, 5.74) is 1.20. The molecule has 0 amide bonds. The van der Waals surface area contributed by atoms with Crippen LogP contribution in [0.25, 0.3) is 0 Å². The van der Waals surface area contributed by atoms with Crippen molar-refractivity contribution in [1.29, 1.82) is 0 Å². The highest BCUT2D eigenvalue weighted by atomic mass is 16.5. The molecule has 0 saturated carbocycles. The number of ketones is 1. The minimum absolute atomic E-state index is 0.102. The van der Waals surface area contributed by atoms with Crippen LogP contribution >= 0.6 is 0 Å². The second kappa shape index (κ2) is 7.83. The smallest absolute Gasteiger partial charge is 0.152 e. The van der Waals surface area contributed by atoms with E-state index >= 15 is 0 Å². The number of hydrogen-bond donors (Lipinski definition) is 0. The van der Waals surface area contributed by atoms with E-state index in [1.165, 1.54) is 5.56 Å². The maximum atomic E-state index is 10.6. The van der Waals surface area contributed by atoms with Crippen LogP contribution in [-0.2, 0) is 16.1 Å². The molecule has 1 aromatic carbocycles. The van der Waals surface area contributed by atoms with Crippen LogP contribution in [0.3, 0.4) is 0 Å². The van der Waals surface area contributed by atoms with Crippen LogP contribution in [0.1, 0.15) is 25.3 Å². The molecule has 0 aromatic heterocycles. The molecular weight excluding hydrogens is 200 g/mol. The van der Waals surface area contributed by atoms with E-state index < -0.39 is 0 Å². The first-order valence-electron chi connectivity index (χ1n) is 5.58. The third kappa shape index (κ3) is 6.14. The summed E-state index contributed by atoms with van der Waals surface area (Å²) in [5.74, 6) is 0.102. The fraction of sp³-hybridized carbons (Fsp3) is 0.357. The largest absolute Gasteiger partial charge is 0.377 e. The van der Waals surface area contributed by atoms with Crippen molar-refractivity contribution < 1.29 is 9.53 Å². The van der Waals surface area contributed by atoms with Gasteiger partial charge in [-0.1, -0.05) is 36.4 Å². The summed E-state index contributed by atoms with van der Waals surface area (Å²) in [6.07, 6.45) is 5.36. The van der Waals surface area contributed by atoms with E-state index in [0.717, 1.165) is 19.4 Å². The first kappa shape index (κ1) is 12.7. The first-order chi connectivity index (χ1) is 7.79. The van der Waals surface area contributed by atoms with Gasteiger partial charge in [0.25, 0.3) is 0 Å². The Labute approximate surface area is 96.9 Å². The fourth-order valence-electron chi connectivity index (χ4n) is 1.32. The lowest BCUT2D eigenvalue weighted by Crippen LogP contribution is -1.94. The highest BCUT2D eigenvalue weighted by molar-refractivity contribution is 5.87. The van der Waals surface area contributed by atoms with E-state index in [-0.39, 0.29) is 5.78 Å². The second-order valence-corrected chi connectivity index (χ2v) is 3.69. The number of rotatable bonds is 7. The zero-order valence-electron chi connectivity index (χ0n) is 9.69. The van der Waals surface area contributed by atoms with Gasteiger partial charge in [-0.05, 0) is 31.4 Å². The van der Waals surface area contributed by atoms with Gasteiger partial charge in [0, 0.05) is 6.61 Å². The Balaban J connectivity index is 2.02. The molecule has 0 spiro atoms. The predicted octanol–water partition coefficient (Wildman–Crippen LogP) is 3.13. The van der Waals surface area contributed by atoms with Gasteiger partial charge in [-0.2, -0.15) is 0 Å². The fourth-order valence-corrected chi connectivity index (χ4v) is 1.32. The van der Waals surface area contributed by atoms with Crippen molar-refractivity contribution in [3.05, 3.63) is 48.0 Å². The highest BCUT2D eigenvalue weighted by Gasteiger charge is 1.91. The average molecular weight is 218 g/mol. The summed E-state index contributed by atoms with van der Waals surface area (Å²) in [6, 6.07) is 10.1. The quantitative estimate of drug-likeness (QED) is 0.519. The van der Waals surface area contributed by atoms with E-state index in [4.69, 9.17) is 4.74 Å². The number of allylic oxidation sites excluding steroid dienone is 2. The van der Waals surface area contributed by atoms with Gasteiger partial charge < -0.3 is 4.74 Å². The summed E-state index contributed by atoms with van der Waals surface area (Å²) >= 11 is 0. The maximum Gasteiger partial charge on any atom is 0.152 e. The van der Waals surface area contributed by atoms with Crippen molar-refractivity contribution in [2.45, 2.75) is 26.4 Å². The Hall–Kier alpha value is -1.41. The first-order valence-corrected chi connectivity index (χ1v) is 5.58. The van der Waals surface area contributed by atoms with Crippen LogP contribution in [0.15, 0.2) is 42.5 Å². The number of hydrogen-bond acceptors (Lipinski definition) is 2. The monoisotopic (exact) mass is 218 g/mol. The lowest BCUT2D eigenvalue weighted by atomic mass is 10.2. The molecule has 2 heteroatoms. The lowest BCUT2D eigenvalue weighted by molar-refractivity contribution is -0.112. The number of ether oxygens (including phenoxy) is 1. The third-order valence-electron chi connectivity index (χ3n) is 2.12. The van der Waals surface area contributed by atoms with E-state index in [0.29, 0.717) is 6.61 Å². The maximum absolute atomic E-state index is 10.6. The summed E-state index contributed by atoms with van der Waals surface area (Å²) in [5, 5.41) is 0. The predicted molar refractivity (Wildman–Crippen MR) is 65.2 cm³/mol. The van der Waals surface area contributed by atoms with Crippen LogP contribution in [-0.4, -0.2) is 12.4 Å². The molecule has 0 fully saturated rings. The molecule has 86 valence electrons. The van der Waals surface area contributed by atoms with Gasteiger partial charge >= 0.3 is 0 Å². The van der Waals surface area contributed by atoms with Crippen molar-refractivity contribution in [1.82, 2.24) is 0 Å². The Morgan fingerprint density at radius 3 is 2.75 bits per heavy atom. The zero-order chi connectivity index (χ0) is 11.6. The van der Waals surface area contributed by atoms with Gasteiger partial charge in [-0.25, -0.2) is 0 Å². The zero-order valence-corrected chi connectivity index (χ0v) is 9.69. The topological polar surface area (TPSA) is 26.3 Å². The third-order valence-corrected chi connectivity index (χ3v) is 2.12. The van der Waals surface area contributed by atoms with Crippen LogP contribution in [0.5, 0.6) is 0 Å². The molecule has 0 aliphatic rings. The SMILES string of the molecule is CC(=O)/C=C/CCCOCc1ccccc1. The minimum atomic E-state index is 0.102. The molecule has 2 nitrogen and oxygen atoms in total. The van der Waals surface area contributed by atoms with Gasteiger partial charge in [0.15, 0.2) is 5.78 Å². The van der Waals surface area contributed by atoms with Crippen LogP contribution in [0.2, 0.25) is 0 Å². The number of unbranched alkanes of at least 4 members (excludes halogenated alkanes) is 1. The molecule has 0 atom stereocenters. The standard InChI is InChI=1S/C14H18O2/c1-13(15)8-4-3-7-11-16-12-14-9-5-2-6-10-14/h2,4-6,8-10H,3,7,11-12H2,1H3/b8-4+. The van der Waals surface area contributed by atoms with Crippen LogP contribution in [0.4, 0.5) is 0 Å². The van der Waals surface area contributed by atoms with Gasteiger partial charge in [-0.15, -0.1) is 0 Å². The van der Waals surface area contributed by atoms with Gasteiger partial charge in [0.1, 0.15) is 0 Å². The Bertz CT molecular complexity index is 328. The van der Waals surface area contributed by atoms with Crippen molar-refractivity contribution in [3.8, 4) is 0 Å². The van der Waals surface area contributed by atoms with Crippen molar-refractivity contribution in [2.75, 3.05) is 6.61 Å². The van der Waals surface area contributed by atoms with E-state index in [9.17, 15) is 4.79 Å². The van der Waals surface area contributed by atoms with Crippen molar-refractivity contribution in [3.63, 3.8) is 0 Å². The van der Waals surface area contributed by atoms with Gasteiger partial charge in [0.05, 0.1) is 6.61 Å². The molecule has 0 heterocycles. The molecule has 0 radical (unpaired) electrons. The molecular formula is C14H18O2. The number of benzene rings is 1. The van der Waals surface area contributed by atoms with Crippen molar-refractivity contribution in [2.24, 2.45) is 0 Å².